The van der Waals surface area contributed by atoms with Crippen LogP contribution in [0.1, 0.15) is 24.2 Å². The van der Waals surface area contributed by atoms with Gasteiger partial charge in [0, 0.05) is 17.9 Å². The van der Waals surface area contributed by atoms with Gasteiger partial charge in [0.15, 0.2) is 0 Å². The Morgan fingerprint density at radius 3 is 2.56 bits per heavy atom. The second-order valence-electron chi connectivity index (χ2n) is 6.65. The monoisotopic (exact) mass is 391 g/mol. The molecule has 7 nitrogen and oxygen atoms in total. The van der Waals surface area contributed by atoms with E-state index in [1.54, 1.807) is 12.1 Å². The fourth-order valence-electron chi connectivity index (χ4n) is 3.06. The first-order valence-electron chi connectivity index (χ1n) is 9.07. The molecule has 1 saturated heterocycles. The molecule has 1 unspecified atom stereocenters. The molecule has 1 aromatic carbocycles. The van der Waals surface area contributed by atoms with Crippen LogP contribution < -0.4 is 9.47 Å². The van der Waals surface area contributed by atoms with Crippen molar-refractivity contribution in [3.63, 3.8) is 0 Å². The highest BCUT2D eigenvalue weighted by Gasteiger charge is 2.30. The van der Waals surface area contributed by atoms with Crippen molar-refractivity contribution in [3.05, 3.63) is 47.8 Å². The zero-order valence-corrected chi connectivity index (χ0v) is 16.5. The summed E-state index contributed by atoms with van der Waals surface area (Å²) in [7, 11) is -3.41. The highest BCUT2D eigenvalue weighted by atomic mass is 32.2. The molecule has 1 aliphatic rings. The largest absolute Gasteiger partial charge is 0.492 e. The van der Waals surface area contributed by atoms with Crippen LogP contribution in [0, 0.1) is 13.8 Å². The van der Waals surface area contributed by atoms with Crippen molar-refractivity contribution >= 4 is 10.0 Å². The molecule has 0 aliphatic carbocycles. The van der Waals surface area contributed by atoms with Crippen LogP contribution in [-0.2, 0) is 10.0 Å². The molecule has 146 valence electrons. The van der Waals surface area contributed by atoms with Gasteiger partial charge in [-0.25, -0.2) is 18.4 Å². The zero-order chi connectivity index (χ0) is 19.3. The molecule has 0 spiro atoms. The van der Waals surface area contributed by atoms with E-state index in [2.05, 4.69) is 9.97 Å². The van der Waals surface area contributed by atoms with E-state index >= 15 is 0 Å². The molecule has 1 fully saturated rings. The Kier molecular flexibility index (Phi) is 6.28. The van der Waals surface area contributed by atoms with Crippen molar-refractivity contribution in [3.8, 4) is 11.8 Å². The second-order valence-corrected chi connectivity index (χ2v) is 8.74. The average Bonchev–Trinajstić information content (AvgIpc) is 2.62. The van der Waals surface area contributed by atoms with Gasteiger partial charge in [-0.1, -0.05) is 18.2 Å². The average molecular weight is 391 g/mol. The maximum absolute atomic E-state index is 12.6. The van der Waals surface area contributed by atoms with E-state index < -0.39 is 10.0 Å². The quantitative estimate of drug-likeness (QED) is 0.721. The van der Waals surface area contributed by atoms with Crippen LogP contribution in [0.2, 0.25) is 0 Å². The highest BCUT2D eigenvalue weighted by molar-refractivity contribution is 7.89. The highest BCUT2D eigenvalue weighted by Crippen LogP contribution is 2.19. The van der Waals surface area contributed by atoms with E-state index in [9.17, 15) is 8.42 Å². The molecule has 3 rings (SSSR count). The maximum Gasteiger partial charge on any atom is 0.317 e. The van der Waals surface area contributed by atoms with Crippen molar-refractivity contribution in [1.82, 2.24) is 14.3 Å². The van der Waals surface area contributed by atoms with E-state index in [1.165, 1.54) is 4.31 Å². The van der Waals surface area contributed by atoms with E-state index in [-0.39, 0.29) is 18.5 Å². The smallest absolute Gasteiger partial charge is 0.317 e. The number of hydrogen-bond acceptors (Lipinski definition) is 6. The number of benzene rings is 1. The fraction of sp³-hybridized carbons (Fsp3) is 0.474. The molecule has 1 atom stereocenters. The van der Waals surface area contributed by atoms with Gasteiger partial charge in [-0.2, -0.15) is 4.31 Å². The van der Waals surface area contributed by atoms with Gasteiger partial charge in [-0.3, -0.25) is 0 Å². The summed E-state index contributed by atoms with van der Waals surface area (Å²) >= 11 is 0. The van der Waals surface area contributed by atoms with Gasteiger partial charge in [0.25, 0.3) is 0 Å². The second kappa shape index (κ2) is 8.67. The van der Waals surface area contributed by atoms with Crippen LogP contribution in [0.25, 0.3) is 0 Å². The standard InChI is InChI=1S/C19H25N3O4S/c1-15-13-16(2)21-19(20-15)26-18-9-6-10-22(14-18)27(23,24)12-11-25-17-7-4-3-5-8-17/h3-5,7-8,13,18H,6,9-12,14H2,1-2H3. The Morgan fingerprint density at radius 2 is 1.85 bits per heavy atom. The van der Waals surface area contributed by atoms with Crippen LogP contribution >= 0.6 is 0 Å². The summed E-state index contributed by atoms with van der Waals surface area (Å²) in [5.74, 6) is 0.605. The third-order valence-corrected chi connectivity index (χ3v) is 6.12. The molecule has 27 heavy (non-hydrogen) atoms. The minimum atomic E-state index is -3.41. The number of piperidine rings is 1. The van der Waals surface area contributed by atoms with Crippen molar-refractivity contribution in [1.29, 1.82) is 0 Å². The lowest BCUT2D eigenvalue weighted by Gasteiger charge is -2.31. The SMILES string of the molecule is Cc1cc(C)nc(OC2CCCN(S(=O)(=O)CCOc3ccccc3)C2)n1. The van der Waals surface area contributed by atoms with E-state index in [0.717, 1.165) is 24.2 Å². The molecule has 2 heterocycles. The van der Waals surface area contributed by atoms with Crippen LogP contribution in [0.15, 0.2) is 36.4 Å². The van der Waals surface area contributed by atoms with Crippen molar-refractivity contribution in [2.75, 3.05) is 25.4 Å². The lowest BCUT2D eigenvalue weighted by molar-refractivity contribution is 0.118. The Labute approximate surface area is 160 Å². The maximum atomic E-state index is 12.6. The summed E-state index contributed by atoms with van der Waals surface area (Å²) in [6, 6.07) is 11.4. The lowest BCUT2D eigenvalue weighted by Crippen LogP contribution is -2.46. The van der Waals surface area contributed by atoms with E-state index in [0.29, 0.717) is 24.8 Å². The first-order valence-corrected chi connectivity index (χ1v) is 10.7. The molecule has 0 amide bonds. The molecule has 0 radical (unpaired) electrons. The van der Waals surface area contributed by atoms with Crippen molar-refractivity contribution in [2.24, 2.45) is 0 Å². The zero-order valence-electron chi connectivity index (χ0n) is 15.7. The summed E-state index contributed by atoms with van der Waals surface area (Å²) in [5.41, 5.74) is 1.66. The Bertz CT molecular complexity index is 838. The number of sulfonamides is 1. The summed E-state index contributed by atoms with van der Waals surface area (Å²) in [4.78, 5) is 8.55. The first-order chi connectivity index (χ1) is 12.9. The number of aromatic nitrogens is 2. The Hall–Kier alpha value is -2.19. The van der Waals surface area contributed by atoms with Gasteiger partial charge < -0.3 is 9.47 Å². The first kappa shape index (κ1) is 19.6. The molecule has 0 N–H and O–H groups in total. The topological polar surface area (TPSA) is 81.6 Å². The number of ether oxygens (including phenoxy) is 2. The number of nitrogens with zero attached hydrogens (tertiary/aromatic N) is 3. The predicted octanol–water partition coefficient (Wildman–Crippen LogP) is 2.35. The summed E-state index contributed by atoms with van der Waals surface area (Å²) in [6.45, 7) is 4.69. The molecule has 1 aliphatic heterocycles. The molecule has 0 bridgehead atoms. The Morgan fingerprint density at radius 1 is 1.15 bits per heavy atom. The fourth-order valence-corrected chi connectivity index (χ4v) is 4.41. The summed E-state index contributed by atoms with van der Waals surface area (Å²) in [6.07, 6.45) is 1.28. The van der Waals surface area contributed by atoms with Crippen LogP contribution in [0.5, 0.6) is 11.8 Å². The number of para-hydroxylation sites is 1. The molecule has 1 aromatic heterocycles. The van der Waals surface area contributed by atoms with Gasteiger partial charge in [0.1, 0.15) is 18.5 Å². The number of rotatable bonds is 7. The van der Waals surface area contributed by atoms with Crippen LogP contribution in [0.4, 0.5) is 0 Å². The van der Waals surface area contributed by atoms with Crippen molar-refractivity contribution in [2.45, 2.75) is 32.8 Å². The van der Waals surface area contributed by atoms with Crippen molar-refractivity contribution < 1.29 is 17.9 Å². The number of hydrogen-bond donors (Lipinski definition) is 0. The molecule has 8 heteroatoms. The van der Waals surface area contributed by atoms with E-state index in [4.69, 9.17) is 9.47 Å². The van der Waals surface area contributed by atoms with Gasteiger partial charge in [0.2, 0.25) is 10.0 Å². The third kappa shape index (κ3) is 5.64. The molecular weight excluding hydrogens is 366 g/mol. The Balaban J connectivity index is 1.55. The third-order valence-electron chi connectivity index (χ3n) is 4.32. The van der Waals surface area contributed by atoms with Gasteiger partial charge in [-0.05, 0) is 44.9 Å². The van der Waals surface area contributed by atoms with Gasteiger partial charge >= 0.3 is 6.01 Å². The minimum Gasteiger partial charge on any atom is -0.492 e. The molecule has 0 saturated carbocycles. The van der Waals surface area contributed by atoms with E-state index in [1.807, 2.05) is 38.1 Å². The normalized spacial score (nSPS) is 18.2. The molecular formula is C19H25N3O4S. The predicted molar refractivity (Wildman–Crippen MR) is 102 cm³/mol. The summed E-state index contributed by atoms with van der Waals surface area (Å²) < 4.78 is 38.1. The van der Waals surface area contributed by atoms with Gasteiger partial charge in [-0.15, -0.1) is 0 Å². The minimum absolute atomic E-state index is 0.0608. The summed E-state index contributed by atoms with van der Waals surface area (Å²) in [5, 5.41) is 0. The lowest BCUT2D eigenvalue weighted by atomic mass is 10.1. The van der Waals surface area contributed by atoms with Gasteiger partial charge in [0.05, 0.1) is 12.3 Å². The number of aryl methyl sites for hydroxylation is 2. The van der Waals surface area contributed by atoms with Crippen LogP contribution in [0.3, 0.4) is 0 Å². The van der Waals surface area contributed by atoms with Crippen LogP contribution in [-0.4, -0.2) is 54.2 Å². The molecule has 2 aromatic rings.